The molecule has 0 aliphatic heterocycles. The quantitative estimate of drug-likeness (QED) is 0.0423. The van der Waals surface area contributed by atoms with Gasteiger partial charge in [-0.1, -0.05) is 64.7 Å². The van der Waals surface area contributed by atoms with Crippen molar-refractivity contribution < 1.29 is 57.5 Å². The van der Waals surface area contributed by atoms with Crippen LogP contribution < -0.4 is 0 Å². The van der Waals surface area contributed by atoms with Crippen molar-refractivity contribution in [2.24, 2.45) is 0 Å². The maximum atomic E-state index is 8.51. The molecular formula is C32H66O12. The van der Waals surface area contributed by atoms with E-state index in [1.54, 1.807) is 0 Å². The number of hydrogen-bond acceptors (Lipinski definition) is 12. The van der Waals surface area contributed by atoms with E-state index >= 15 is 0 Å². The number of rotatable bonds is 40. The van der Waals surface area contributed by atoms with Crippen LogP contribution in [-0.4, -0.2) is 138 Å². The second-order valence-corrected chi connectivity index (χ2v) is 10.3. The maximum Gasteiger partial charge on any atom is 0.192 e. The zero-order chi connectivity index (χ0) is 31.9. The van der Waals surface area contributed by atoms with E-state index in [9.17, 15) is 0 Å². The van der Waals surface area contributed by atoms with Crippen LogP contribution in [0.4, 0.5) is 0 Å². The lowest BCUT2D eigenvalue weighted by molar-refractivity contribution is -0.343. The molecule has 0 radical (unpaired) electrons. The van der Waals surface area contributed by atoms with Crippen LogP contribution in [0.5, 0.6) is 0 Å². The van der Waals surface area contributed by atoms with Crippen molar-refractivity contribution in [3.63, 3.8) is 0 Å². The number of unbranched alkanes of at least 4 members (excludes halogenated alkanes) is 9. The molecular weight excluding hydrogens is 576 g/mol. The maximum absolute atomic E-state index is 8.51. The van der Waals surface area contributed by atoms with E-state index in [1.807, 2.05) is 0 Å². The smallest absolute Gasteiger partial charge is 0.192 e. The number of hydrogen-bond donors (Lipinski definition) is 1. The Balaban J connectivity index is 3.05. The zero-order valence-corrected chi connectivity index (χ0v) is 28.0. The molecule has 0 saturated carbocycles. The molecule has 0 spiro atoms. The highest BCUT2D eigenvalue weighted by Gasteiger charge is 2.05. The third-order valence-electron chi connectivity index (χ3n) is 6.50. The van der Waals surface area contributed by atoms with Gasteiger partial charge in [-0.3, -0.25) is 0 Å². The summed E-state index contributed by atoms with van der Waals surface area (Å²) in [5.74, 6) is 0. The Kier molecular flexibility index (Phi) is 40.1. The van der Waals surface area contributed by atoms with Gasteiger partial charge in [-0.05, 0) is 6.42 Å². The van der Waals surface area contributed by atoms with E-state index < -0.39 is 6.29 Å². The topological polar surface area (TPSA) is 122 Å². The Bertz CT molecular complexity index is 500. The molecule has 0 heterocycles. The standard InChI is InChI=1S/C32H66O12/c1-3-4-5-6-7-8-9-10-11-12-14-35-16-18-37-20-22-39-24-26-41-28-30-43-31-29-42-27-25-40-23-21-38-19-17-36-15-13-32(34-2)44-33/h32-33H,3-31H2,1-2H3. The minimum atomic E-state index is -0.667. The summed E-state index contributed by atoms with van der Waals surface area (Å²) >= 11 is 0. The van der Waals surface area contributed by atoms with Gasteiger partial charge >= 0.3 is 0 Å². The van der Waals surface area contributed by atoms with Crippen LogP contribution in [0.1, 0.15) is 77.6 Å². The largest absolute Gasteiger partial charge is 0.379 e. The van der Waals surface area contributed by atoms with Gasteiger partial charge in [-0.25, -0.2) is 10.1 Å². The zero-order valence-electron chi connectivity index (χ0n) is 28.0. The second-order valence-electron chi connectivity index (χ2n) is 10.3. The predicted molar refractivity (Wildman–Crippen MR) is 168 cm³/mol. The normalized spacial score (nSPS) is 12.3. The summed E-state index contributed by atoms with van der Waals surface area (Å²) in [6.07, 6.45) is 13.2. The van der Waals surface area contributed by atoms with Gasteiger partial charge in [-0.2, -0.15) is 0 Å². The van der Waals surface area contributed by atoms with E-state index in [4.69, 9.17) is 52.6 Å². The molecule has 0 fully saturated rings. The van der Waals surface area contributed by atoms with Gasteiger partial charge in [0.05, 0.1) is 112 Å². The summed E-state index contributed by atoms with van der Waals surface area (Å²) < 4.78 is 54.2. The highest BCUT2D eigenvalue weighted by Crippen LogP contribution is 2.10. The van der Waals surface area contributed by atoms with E-state index in [1.165, 1.54) is 64.9 Å². The van der Waals surface area contributed by atoms with Crippen LogP contribution >= 0.6 is 0 Å². The van der Waals surface area contributed by atoms with Gasteiger partial charge in [0.1, 0.15) is 0 Å². The van der Waals surface area contributed by atoms with Crippen molar-refractivity contribution in [2.45, 2.75) is 83.8 Å². The Morgan fingerprint density at radius 3 is 0.932 bits per heavy atom. The van der Waals surface area contributed by atoms with Crippen LogP contribution in [0, 0.1) is 0 Å². The fraction of sp³-hybridized carbons (Fsp3) is 1.00. The van der Waals surface area contributed by atoms with Crippen LogP contribution in [0.25, 0.3) is 0 Å². The molecule has 0 aromatic carbocycles. The lowest BCUT2D eigenvalue weighted by Crippen LogP contribution is -2.17. The monoisotopic (exact) mass is 642 g/mol. The molecule has 0 rings (SSSR count). The van der Waals surface area contributed by atoms with Crippen LogP contribution in [-0.2, 0) is 52.3 Å². The van der Waals surface area contributed by atoms with E-state index in [2.05, 4.69) is 11.8 Å². The molecule has 1 N–H and O–H groups in total. The predicted octanol–water partition coefficient (Wildman–Crippen LogP) is 4.91. The lowest BCUT2D eigenvalue weighted by Gasteiger charge is -2.11. The summed E-state index contributed by atoms with van der Waals surface area (Å²) in [7, 11) is 1.45. The van der Waals surface area contributed by atoms with Crippen molar-refractivity contribution in [3.8, 4) is 0 Å². The van der Waals surface area contributed by atoms with E-state index in [0.29, 0.717) is 119 Å². The van der Waals surface area contributed by atoms with Crippen molar-refractivity contribution in [1.29, 1.82) is 0 Å². The molecule has 0 bridgehead atoms. The molecule has 12 heteroatoms. The van der Waals surface area contributed by atoms with Crippen LogP contribution in [0.2, 0.25) is 0 Å². The van der Waals surface area contributed by atoms with Crippen molar-refractivity contribution in [1.82, 2.24) is 0 Å². The highest BCUT2D eigenvalue weighted by molar-refractivity contribution is 4.47. The summed E-state index contributed by atoms with van der Waals surface area (Å²) in [5, 5.41) is 8.51. The van der Waals surface area contributed by atoms with Gasteiger partial charge in [0.2, 0.25) is 0 Å². The molecule has 1 atom stereocenters. The molecule has 1 unspecified atom stereocenters. The second kappa shape index (κ2) is 40.5. The van der Waals surface area contributed by atoms with Gasteiger partial charge in [0.15, 0.2) is 6.29 Å². The number of ether oxygens (including phenoxy) is 10. The molecule has 0 aromatic rings. The Hall–Kier alpha value is -0.480. The van der Waals surface area contributed by atoms with Gasteiger partial charge < -0.3 is 47.4 Å². The van der Waals surface area contributed by atoms with Gasteiger partial charge in [0.25, 0.3) is 0 Å². The lowest BCUT2D eigenvalue weighted by atomic mass is 10.1. The van der Waals surface area contributed by atoms with Crippen LogP contribution in [0.15, 0.2) is 0 Å². The first-order valence-electron chi connectivity index (χ1n) is 16.9. The van der Waals surface area contributed by atoms with Gasteiger partial charge in [0, 0.05) is 20.1 Å². The SMILES string of the molecule is CCCCCCCCCCCCOCCOCCOCCOCCOCCOCCOCCOCCOCCC(OC)OO. The van der Waals surface area contributed by atoms with Crippen molar-refractivity contribution >= 4 is 0 Å². The van der Waals surface area contributed by atoms with Crippen LogP contribution in [0.3, 0.4) is 0 Å². The Morgan fingerprint density at radius 2 is 0.636 bits per heavy atom. The van der Waals surface area contributed by atoms with Crippen molar-refractivity contribution in [3.05, 3.63) is 0 Å². The Labute approximate surface area is 267 Å². The number of methoxy groups -OCH3 is 1. The Morgan fingerprint density at radius 1 is 0.364 bits per heavy atom. The first-order chi connectivity index (χ1) is 21.8. The summed E-state index contributed by atoms with van der Waals surface area (Å²) in [6, 6.07) is 0. The molecule has 0 saturated heterocycles. The molecule has 0 amide bonds. The van der Waals surface area contributed by atoms with E-state index in [0.717, 1.165) is 13.0 Å². The minimum Gasteiger partial charge on any atom is -0.379 e. The highest BCUT2D eigenvalue weighted by atomic mass is 17.1. The minimum absolute atomic E-state index is 0.412. The van der Waals surface area contributed by atoms with E-state index in [-0.39, 0.29) is 0 Å². The van der Waals surface area contributed by atoms with Crippen molar-refractivity contribution in [2.75, 3.05) is 126 Å². The summed E-state index contributed by atoms with van der Waals surface area (Å²) in [4.78, 5) is 4.09. The first kappa shape index (κ1) is 43.5. The van der Waals surface area contributed by atoms with Gasteiger partial charge in [-0.15, -0.1) is 0 Å². The molecule has 44 heavy (non-hydrogen) atoms. The third kappa shape index (κ3) is 37.7. The molecule has 0 aliphatic rings. The fourth-order valence-electron chi connectivity index (χ4n) is 3.95. The molecule has 266 valence electrons. The molecule has 12 nitrogen and oxygen atoms in total. The average molecular weight is 643 g/mol. The summed E-state index contributed by atoms with van der Waals surface area (Å²) in [5.41, 5.74) is 0. The average Bonchev–Trinajstić information content (AvgIpc) is 3.04. The fourth-order valence-corrected chi connectivity index (χ4v) is 3.95. The summed E-state index contributed by atoms with van der Waals surface area (Å²) in [6.45, 7) is 11.9. The molecule has 0 aliphatic carbocycles. The first-order valence-corrected chi connectivity index (χ1v) is 16.9. The molecule has 0 aromatic heterocycles. The third-order valence-corrected chi connectivity index (χ3v) is 6.50.